The molecule has 150 valence electrons. The minimum absolute atomic E-state index is 0.00886. The Hall–Kier alpha value is -1.46. The van der Waals surface area contributed by atoms with Crippen LogP contribution in [0, 0.1) is 0 Å². The highest BCUT2D eigenvalue weighted by Gasteiger charge is 2.20. The zero-order valence-corrected chi connectivity index (χ0v) is 16.4. The molecular weight excluding hydrogens is 380 g/mol. The third-order valence-corrected chi connectivity index (χ3v) is 4.07. The zero-order chi connectivity index (χ0) is 19.9. The lowest BCUT2D eigenvalue weighted by Crippen LogP contribution is -2.46. The Labute approximate surface area is 164 Å². The summed E-state index contributed by atoms with van der Waals surface area (Å²) in [5.74, 6) is -2.17. The van der Waals surface area contributed by atoms with E-state index in [1.807, 2.05) is 0 Å². The van der Waals surface area contributed by atoms with E-state index in [1.165, 1.54) is 0 Å². The van der Waals surface area contributed by atoms with Crippen molar-refractivity contribution in [2.24, 2.45) is 5.73 Å². The van der Waals surface area contributed by atoms with Crippen LogP contribution in [0.25, 0.3) is 0 Å². The number of nitrogens with two attached hydrogens (primary N) is 1. The van der Waals surface area contributed by atoms with E-state index in [4.69, 9.17) is 10.8 Å². The van der Waals surface area contributed by atoms with Gasteiger partial charge in [-0.25, -0.2) is 4.79 Å². The molecule has 0 rings (SSSR count). The van der Waals surface area contributed by atoms with Crippen LogP contribution in [0.5, 0.6) is 0 Å². The molecule has 6 N–H and O–H groups in total. The zero-order valence-electron chi connectivity index (χ0n) is 14.6. The van der Waals surface area contributed by atoms with Gasteiger partial charge in [-0.1, -0.05) is 0 Å². The number of unbranched alkanes of at least 4 members (excludes halogenated alkanes) is 1. The van der Waals surface area contributed by atoms with Crippen molar-refractivity contribution in [3.63, 3.8) is 0 Å². The van der Waals surface area contributed by atoms with E-state index in [2.05, 4.69) is 41.2 Å². The van der Waals surface area contributed by atoms with Crippen molar-refractivity contribution in [3.05, 3.63) is 0 Å². The molecule has 0 aliphatic heterocycles. The number of nitrogens with one attached hydrogen (secondary N) is 3. The van der Waals surface area contributed by atoms with Gasteiger partial charge in [0.15, 0.2) is 0 Å². The van der Waals surface area contributed by atoms with Crippen LogP contribution in [-0.2, 0) is 19.2 Å². The van der Waals surface area contributed by atoms with E-state index in [0.29, 0.717) is 25.8 Å². The molecule has 0 aliphatic carbocycles. The number of carbonyl (C=O) groups excluding carboxylic acids is 3. The first-order valence-electron chi connectivity index (χ1n) is 8.34. The van der Waals surface area contributed by atoms with Crippen molar-refractivity contribution < 1.29 is 24.3 Å². The molecule has 26 heavy (non-hydrogen) atoms. The van der Waals surface area contributed by atoms with Crippen molar-refractivity contribution in [3.8, 4) is 0 Å². The fraction of sp³-hybridized carbons (Fsp3) is 0.733. The minimum atomic E-state index is -1.10. The standard InChI is InChI=1S/C15H28N4O5S2/c16-6-2-1-3-11(15(23)24)19-12(20)5-4-10(18-14(22)9-26)7-17-13(21)8-25/h10-11,25-26H,1-9,16H2,(H,17,21)(H,18,22)(H,19,20)(H,23,24)/t10?,11-/m0/s1. The Kier molecular flexibility index (Phi) is 13.9. The number of carboxylic acid groups (broad SMARTS) is 1. The van der Waals surface area contributed by atoms with Crippen LogP contribution < -0.4 is 21.7 Å². The second kappa shape index (κ2) is 14.7. The summed E-state index contributed by atoms with van der Waals surface area (Å²) >= 11 is 7.71. The van der Waals surface area contributed by atoms with Gasteiger partial charge >= 0.3 is 5.97 Å². The summed E-state index contributed by atoms with van der Waals surface area (Å²) in [7, 11) is 0. The maximum Gasteiger partial charge on any atom is 0.326 e. The quantitative estimate of drug-likeness (QED) is 0.144. The number of hydrogen-bond acceptors (Lipinski definition) is 7. The van der Waals surface area contributed by atoms with Crippen molar-refractivity contribution >= 4 is 48.9 Å². The summed E-state index contributed by atoms with van der Waals surface area (Å²) in [5.41, 5.74) is 5.37. The molecule has 0 aliphatic rings. The monoisotopic (exact) mass is 408 g/mol. The summed E-state index contributed by atoms with van der Waals surface area (Å²) in [5, 5.41) is 16.9. The number of carbonyl (C=O) groups is 4. The number of amides is 3. The van der Waals surface area contributed by atoms with E-state index in [9.17, 15) is 19.2 Å². The van der Waals surface area contributed by atoms with Crippen LogP contribution in [0.3, 0.4) is 0 Å². The van der Waals surface area contributed by atoms with Crippen molar-refractivity contribution in [1.82, 2.24) is 16.0 Å². The van der Waals surface area contributed by atoms with Gasteiger partial charge in [-0.05, 0) is 32.2 Å². The smallest absolute Gasteiger partial charge is 0.326 e. The number of rotatable bonds is 14. The van der Waals surface area contributed by atoms with Gasteiger partial charge in [0, 0.05) is 19.0 Å². The number of thiol groups is 2. The molecule has 0 saturated carbocycles. The van der Waals surface area contributed by atoms with Crippen molar-refractivity contribution in [2.75, 3.05) is 24.6 Å². The summed E-state index contributed by atoms with van der Waals surface area (Å²) in [6.07, 6.45) is 1.84. The lowest BCUT2D eigenvalue weighted by Gasteiger charge is -2.20. The molecule has 0 heterocycles. The van der Waals surface area contributed by atoms with Gasteiger partial charge in [-0.2, -0.15) is 25.3 Å². The Morgan fingerprint density at radius 3 is 2.12 bits per heavy atom. The van der Waals surface area contributed by atoms with Crippen molar-refractivity contribution in [1.29, 1.82) is 0 Å². The van der Waals surface area contributed by atoms with Crippen LogP contribution in [0.4, 0.5) is 0 Å². The first-order chi connectivity index (χ1) is 12.3. The summed E-state index contributed by atoms with van der Waals surface area (Å²) in [6, 6.07) is -1.44. The molecule has 0 spiro atoms. The molecule has 0 saturated heterocycles. The van der Waals surface area contributed by atoms with E-state index in [1.54, 1.807) is 0 Å². The van der Waals surface area contributed by atoms with Gasteiger partial charge in [0.2, 0.25) is 17.7 Å². The molecule has 9 nitrogen and oxygen atoms in total. The van der Waals surface area contributed by atoms with E-state index in [-0.39, 0.29) is 42.7 Å². The molecule has 3 amide bonds. The third kappa shape index (κ3) is 12.0. The maximum absolute atomic E-state index is 12.0. The van der Waals surface area contributed by atoms with Gasteiger partial charge in [0.1, 0.15) is 6.04 Å². The summed E-state index contributed by atoms with van der Waals surface area (Å²) in [6.45, 7) is 0.607. The van der Waals surface area contributed by atoms with Crippen LogP contribution in [0.1, 0.15) is 32.1 Å². The summed E-state index contributed by atoms with van der Waals surface area (Å²) < 4.78 is 0. The van der Waals surface area contributed by atoms with Gasteiger partial charge in [-0.15, -0.1) is 0 Å². The highest BCUT2D eigenvalue weighted by molar-refractivity contribution is 7.81. The minimum Gasteiger partial charge on any atom is -0.480 e. The second-order valence-electron chi connectivity index (χ2n) is 5.67. The SMILES string of the molecule is NCCCC[C@H](NC(=O)CCC(CNC(=O)CS)NC(=O)CS)C(=O)O. The van der Waals surface area contributed by atoms with Gasteiger partial charge in [-0.3, -0.25) is 14.4 Å². The third-order valence-electron chi connectivity index (χ3n) is 3.50. The van der Waals surface area contributed by atoms with Gasteiger partial charge in [0.05, 0.1) is 11.5 Å². The Morgan fingerprint density at radius 2 is 1.58 bits per heavy atom. The molecular formula is C15H28N4O5S2. The molecule has 11 heteroatoms. The highest BCUT2D eigenvalue weighted by atomic mass is 32.1. The Bertz CT molecular complexity index is 479. The van der Waals surface area contributed by atoms with E-state index < -0.39 is 24.0 Å². The first kappa shape index (κ1) is 24.5. The van der Waals surface area contributed by atoms with Crippen molar-refractivity contribution in [2.45, 2.75) is 44.2 Å². The average molecular weight is 409 g/mol. The predicted molar refractivity (Wildman–Crippen MR) is 104 cm³/mol. The topological polar surface area (TPSA) is 151 Å². The Morgan fingerprint density at radius 1 is 0.923 bits per heavy atom. The molecule has 2 atom stereocenters. The second-order valence-corrected chi connectivity index (χ2v) is 6.30. The van der Waals surface area contributed by atoms with Crippen LogP contribution in [0.15, 0.2) is 0 Å². The molecule has 0 aromatic rings. The van der Waals surface area contributed by atoms with Gasteiger partial charge < -0.3 is 26.8 Å². The molecule has 0 bridgehead atoms. The Balaban J connectivity index is 4.51. The van der Waals surface area contributed by atoms with Crippen LogP contribution in [0.2, 0.25) is 0 Å². The summed E-state index contributed by atoms with van der Waals surface area (Å²) in [4.78, 5) is 46.0. The lowest BCUT2D eigenvalue weighted by atomic mass is 10.1. The van der Waals surface area contributed by atoms with E-state index in [0.717, 1.165) is 0 Å². The highest BCUT2D eigenvalue weighted by Crippen LogP contribution is 2.03. The molecule has 0 aromatic carbocycles. The number of carboxylic acids is 1. The maximum atomic E-state index is 12.0. The lowest BCUT2D eigenvalue weighted by molar-refractivity contribution is -0.142. The number of hydrogen-bond donors (Lipinski definition) is 7. The number of aliphatic carboxylic acids is 1. The first-order valence-corrected chi connectivity index (χ1v) is 9.60. The average Bonchev–Trinajstić information content (AvgIpc) is 2.62. The fourth-order valence-corrected chi connectivity index (χ4v) is 2.32. The molecule has 0 radical (unpaired) electrons. The largest absolute Gasteiger partial charge is 0.480 e. The normalized spacial score (nSPS) is 12.7. The molecule has 0 aromatic heterocycles. The molecule has 1 unspecified atom stereocenters. The van der Waals surface area contributed by atoms with E-state index >= 15 is 0 Å². The predicted octanol–water partition coefficient (Wildman–Crippen LogP) is -1.07. The van der Waals surface area contributed by atoms with Gasteiger partial charge in [0.25, 0.3) is 0 Å². The molecule has 0 fully saturated rings. The van der Waals surface area contributed by atoms with Crippen LogP contribution in [-0.4, -0.2) is 65.5 Å². The van der Waals surface area contributed by atoms with Crippen LogP contribution >= 0.6 is 25.3 Å². The fourth-order valence-electron chi connectivity index (χ4n) is 2.11.